The average molecular weight is 611 g/mol. The van der Waals surface area contributed by atoms with Gasteiger partial charge in [0, 0.05) is 48.1 Å². The Kier molecular flexibility index (Phi) is 5.93. The van der Waals surface area contributed by atoms with E-state index in [9.17, 15) is 9.50 Å². The highest BCUT2D eigenvalue weighted by Crippen LogP contribution is 2.45. The number of ether oxygens (including phenoxy) is 2. The van der Waals surface area contributed by atoms with Crippen LogP contribution in [0, 0.1) is 18.2 Å². The van der Waals surface area contributed by atoms with E-state index >= 15 is 4.39 Å². The monoisotopic (exact) mass is 610 g/mol. The van der Waals surface area contributed by atoms with Crippen LogP contribution in [0.1, 0.15) is 37.7 Å². The van der Waals surface area contributed by atoms with Crippen molar-refractivity contribution >= 4 is 27.5 Å². The Labute approximate surface area is 258 Å². The van der Waals surface area contributed by atoms with Gasteiger partial charge in [-0.05, 0) is 55.8 Å². The number of aromatic nitrogens is 3. The van der Waals surface area contributed by atoms with Gasteiger partial charge < -0.3 is 24.8 Å². The number of piperazine rings is 1. The number of hydrogen-bond acceptors (Lipinski definition) is 9. The van der Waals surface area contributed by atoms with Crippen molar-refractivity contribution in [2.75, 3.05) is 37.7 Å². The first-order valence-corrected chi connectivity index (χ1v) is 15.7. The van der Waals surface area contributed by atoms with Crippen molar-refractivity contribution < 1.29 is 23.4 Å². The summed E-state index contributed by atoms with van der Waals surface area (Å²) in [6, 6.07) is 8.91. The van der Waals surface area contributed by atoms with Crippen LogP contribution < -0.4 is 19.7 Å². The first kappa shape index (κ1) is 27.1. The van der Waals surface area contributed by atoms with Crippen molar-refractivity contribution in [3.05, 3.63) is 41.7 Å². The lowest BCUT2D eigenvalue weighted by atomic mass is 9.95. The molecule has 5 aliphatic heterocycles. The van der Waals surface area contributed by atoms with E-state index in [1.165, 1.54) is 6.07 Å². The van der Waals surface area contributed by atoms with Crippen LogP contribution in [-0.2, 0) is 0 Å². The second-order valence-electron chi connectivity index (χ2n) is 13.1. The van der Waals surface area contributed by atoms with Gasteiger partial charge >= 0.3 is 6.01 Å². The Balaban J connectivity index is 1.24. The number of halogens is 2. The maximum Gasteiger partial charge on any atom is 0.319 e. The van der Waals surface area contributed by atoms with Crippen molar-refractivity contribution in [1.29, 1.82) is 0 Å². The molecule has 230 valence electrons. The summed E-state index contributed by atoms with van der Waals surface area (Å²) in [6.45, 7) is 2.47. The number of terminal acetylenes is 1. The van der Waals surface area contributed by atoms with E-state index in [1.807, 2.05) is 6.07 Å². The highest BCUT2D eigenvalue weighted by atomic mass is 19.1. The van der Waals surface area contributed by atoms with E-state index in [2.05, 4.69) is 26.0 Å². The van der Waals surface area contributed by atoms with Gasteiger partial charge in [-0.15, -0.1) is 6.42 Å². The number of alkyl halides is 1. The molecule has 0 amide bonds. The van der Waals surface area contributed by atoms with Crippen LogP contribution in [0.3, 0.4) is 0 Å². The molecule has 0 radical (unpaired) electrons. The van der Waals surface area contributed by atoms with Crippen molar-refractivity contribution in [2.45, 2.75) is 61.9 Å². The fourth-order valence-corrected chi connectivity index (χ4v) is 8.53. The predicted molar refractivity (Wildman–Crippen MR) is 165 cm³/mol. The largest absolute Gasteiger partial charge is 0.508 e. The molecule has 5 atom stereocenters. The average Bonchev–Trinajstić information content (AvgIpc) is 3.67. The summed E-state index contributed by atoms with van der Waals surface area (Å²) in [4.78, 5) is 18.7. The highest BCUT2D eigenvalue weighted by Gasteiger charge is 2.50. The van der Waals surface area contributed by atoms with Crippen LogP contribution in [0.5, 0.6) is 17.6 Å². The molecule has 0 spiro atoms. The predicted octanol–water partition coefficient (Wildman–Crippen LogP) is 4.33. The number of pyridine rings is 1. The van der Waals surface area contributed by atoms with Crippen molar-refractivity contribution in [2.24, 2.45) is 0 Å². The summed E-state index contributed by atoms with van der Waals surface area (Å²) < 4.78 is 44.2. The van der Waals surface area contributed by atoms with Crippen LogP contribution in [0.2, 0.25) is 0 Å². The molecule has 11 heteroatoms. The first-order valence-electron chi connectivity index (χ1n) is 15.7. The summed E-state index contributed by atoms with van der Waals surface area (Å²) in [5, 5.41) is 16.0. The Morgan fingerprint density at radius 2 is 2.09 bits per heavy atom. The fourth-order valence-electron chi connectivity index (χ4n) is 8.53. The number of benzene rings is 2. The molecule has 4 aromatic rings. The zero-order valence-corrected chi connectivity index (χ0v) is 24.6. The number of hydrogen-bond donors (Lipinski definition) is 2. The molecule has 5 aliphatic rings. The number of aromatic hydroxyl groups is 1. The smallest absolute Gasteiger partial charge is 0.319 e. The Morgan fingerprint density at radius 1 is 1.18 bits per heavy atom. The van der Waals surface area contributed by atoms with E-state index in [4.69, 9.17) is 25.9 Å². The summed E-state index contributed by atoms with van der Waals surface area (Å²) in [6.07, 6.45) is 9.21. The van der Waals surface area contributed by atoms with Crippen molar-refractivity contribution in [3.8, 4) is 41.2 Å². The highest BCUT2D eigenvalue weighted by molar-refractivity contribution is 6.04. The molecule has 2 aromatic heterocycles. The number of nitrogens with zero attached hydrogens (tertiary/aromatic N) is 5. The number of fused-ring (bicyclic) bond motifs is 7. The van der Waals surface area contributed by atoms with Gasteiger partial charge in [-0.3, -0.25) is 4.90 Å². The molecular formula is C34H32F2N6O3. The first-order chi connectivity index (χ1) is 21.9. The van der Waals surface area contributed by atoms with Crippen molar-refractivity contribution in [1.82, 2.24) is 25.2 Å². The van der Waals surface area contributed by atoms with Gasteiger partial charge in [0.25, 0.3) is 0 Å². The van der Waals surface area contributed by atoms with Crippen LogP contribution in [0.25, 0.3) is 32.9 Å². The lowest BCUT2D eigenvalue weighted by Crippen LogP contribution is -2.60. The number of phenolic OH excluding ortho intramolecular Hbond substituents is 1. The molecule has 0 saturated carbocycles. The van der Waals surface area contributed by atoms with Gasteiger partial charge in [-0.1, -0.05) is 18.1 Å². The number of rotatable bonds is 4. The Hall–Kier alpha value is -4.27. The van der Waals surface area contributed by atoms with Crippen LogP contribution in [0.15, 0.2) is 30.3 Å². The Morgan fingerprint density at radius 3 is 2.98 bits per heavy atom. The molecule has 9 nitrogen and oxygen atoms in total. The molecular weight excluding hydrogens is 578 g/mol. The van der Waals surface area contributed by atoms with E-state index in [1.54, 1.807) is 18.2 Å². The van der Waals surface area contributed by atoms with Crippen LogP contribution >= 0.6 is 0 Å². The molecule has 45 heavy (non-hydrogen) atoms. The SMILES string of the molecule is C#Cc1cccc2cc(O)cc(-c3nc4c5c(nc(OCC67CCCN6CC(F)C7)nc5c3F)N3CC5CCC(N5)C3CO4)c12. The molecule has 7 heterocycles. The summed E-state index contributed by atoms with van der Waals surface area (Å²) >= 11 is 0. The molecule has 4 fully saturated rings. The van der Waals surface area contributed by atoms with Gasteiger partial charge in [0.05, 0.1) is 11.6 Å². The minimum Gasteiger partial charge on any atom is -0.508 e. The molecule has 4 saturated heterocycles. The second-order valence-corrected chi connectivity index (χ2v) is 13.1. The van der Waals surface area contributed by atoms with Gasteiger partial charge in [0.2, 0.25) is 5.88 Å². The lowest BCUT2D eigenvalue weighted by Gasteiger charge is -2.40. The second kappa shape index (κ2) is 9.86. The standard InChI is InChI=1S/C34H32F2N6O3/c1-2-18-5-3-6-19-11-22(43)12-23(26(18)19)29-28(36)30-27-31(42-15-21-7-8-24(37-21)25(42)16-44-32(27)38-29)40-33(39-30)45-17-34-9-4-10-41(34)14-20(35)13-34/h1,3,5-6,11-12,20-21,24-25,37,43H,4,7-10,13-17H2. The maximum atomic E-state index is 17.0. The van der Waals surface area contributed by atoms with E-state index in [0.29, 0.717) is 59.2 Å². The Bertz CT molecular complexity index is 1930. The molecule has 2 bridgehead atoms. The van der Waals surface area contributed by atoms with E-state index in [-0.39, 0.29) is 53.6 Å². The van der Waals surface area contributed by atoms with Gasteiger partial charge in [0.15, 0.2) is 5.82 Å². The molecule has 2 N–H and O–H groups in total. The zero-order valence-electron chi connectivity index (χ0n) is 24.6. The van der Waals surface area contributed by atoms with Crippen LogP contribution in [0.4, 0.5) is 14.6 Å². The number of anilines is 1. The van der Waals surface area contributed by atoms with Gasteiger partial charge in [0.1, 0.15) is 47.5 Å². The minimum absolute atomic E-state index is 0.0202. The molecule has 9 rings (SSSR count). The van der Waals surface area contributed by atoms with Gasteiger partial charge in [-0.25, -0.2) is 13.8 Å². The molecule has 0 aliphatic carbocycles. The summed E-state index contributed by atoms with van der Waals surface area (Å²) in [7, 11) is 0. The van der Waals surface area contributed by atoms with E-state index < -0.39 is 17.5 Å². The maximum absolute atomic E-state index is 17.0. The van der Waals surface area contributed by atoms with Crippen LogP contribution in [-0.4, -0.2) is 87.6 Å². The van der Waals surface area contributed by atoms with Crippen molar-refractivity contribution in [3.63, 3.8) is 0 Å². The van der Waals surface area contributed by atoms with E-state index in [0.717, 1.165) is 32.2 Å². The lowest BCUT2D eigenvalue weighted by molar-refractivity contribution is 0.107. The third-order valence-corrected chi connectivity index (χ3v) is 10.5. The minimum atomic E-state index is -0.899. The number of nitrogens with one attached hydrogen (secondary N) is 1. The summed E-state index contributed by atoms with van der Waals surface area (Å²) in [5.41, 5.74) is 0.457. The summed E-state index contributed by atoms with van der Waals surface area (Å²) in [5.74, 6) is 2.70. The number of phenols is 1. The molecule has 5 unspecified atom stereocenters. The fraction of sp³-hybridized carbons (Fsp3) is 0.441. The third kappa shape index (κ3) is 4.08. The molecule has 2 aromatic carbocycles. The normalized spacial score (nSPS) is 28.5. The third-order valence-electron chi connectivity index (χ3n) is 10.5. The zero-order chi connectivity index (χ0) is 30.4. The topological polar surface area (TPSA) is 95.9 Å². The van der Waals surface area contributed by atoms with Gasteiger partial charge in [-0.2, -0.15) is 9.97 Å². The quantitative estimate of drug-likeness (QED) is 0.328.